The first-order chi connectivity index (χ1) is 9.73. The van der Waals surface area contributed by atoms with E-state index in [2.05, 4.69) is 39.2 Å². The zero-order valence-electron chi connectivity index (χ0n) is 12.9. The molecule has 1 aromatic rings. The molecule has 0 bridgehead atoms. The van der Waals surface area contributed by atoms with Crippen molar-refractivity contribution in [1.29, 1.82) is 0 Å². The van der Waals surface area contributed by atoms with Crippen molar-refractivity contribution in [2.24, 2.45) is 5.41 Å². The maximum absolute atomic E-state index is 4.08. The molecular weight excluding hydrogens is 284 g/mol. The van der Waals surface area contributed by atoms with Crippen LogP contribution in [0.2, 0.25) is 0 Å². The molecule has 118 valence electrons. The number of hydrogen-bond acceptors (Lipinski definition) is 4. The molecule has 21 heavy (non-hydrogen) atoms. The lowest BCUT2D eigenvalue weighted by Gasteiger charge is -2.38. The van der Waals surface area contributed by atoms with E-state index in [1.165, 1.54) is 57.8 Å². The lowest BCUT2D eigenvalue weighted by Crippen LogP contribution is -2.49. The van der Waals surface area contributed by atoms with Crippen LogP contribution in [0.3, 0.4) is 0 Å². The van der Waals surface area contributed by atoms with Gasteiger partial charge in [0.2, 0.25) is 0 Å². The third kappa shape index (κ3) is 4.65. The van der Waals surface area contributed by atoms with Crippen molar-refractivity contribution in [3.8, 4) is 0 Å². The second-order valence-corrected chi connectivity index (χ2v) is 6.65. The van der Waals surface area contributed by atoms with Crippen LogP contribution in [0.15, 0.2) is 24.5 Å². The molecule has 2 aliphatic heterocycles. The summed E-state index contributed by atoms with van der Waals surface area (Å²) in [4.78, 5) is 9.29. The van der Waals surface area contributed by atoms with Gasteiger partial charge in [-0.2, -0.15) is 0 Å². The Kier molecular flexibility index (Phi) is 5.99. The molecule has 0 spiro atoms. The van der Waals surface area contributed by atoms with E-state index >= 15 is 0 Å². The van der Waals surface area contributed by atoms with E-state index in [1.54, 1.807) is 0 Å². The van der Waals surface area contributed by atoms with E-state index in [0.29, 0.717) is 5.41 Å². The van der Waals surface area contributed by atoms with Crippen LogP contribution >= 0.6 is 12.4 Å². The molecule has 0 amide bonds. The van der Waals surface area contributed by atoms with Gasteiger partial charge in [-0.25, -0.2) is 0 Å². The topological polar surface area (TPSA) is 31.4 Å². The first-order valence-corrected chi connectivity index (χ1v) is 7.78. The smallest absolute Gasteiger partial charge is 0.0271 e. The summed E-state index contributed by atoms with van der Waals surface area (Å²) in [5.41, 5.74) is 1.87. The highest BCUT2D eigenvalue weighted by Crippen LogP contribution is 2.26. The molecule has 1 N–H and O–H groups in total. The normalized spacial score (nSPS) is 27.5. The first kappa shape index (κ1) is 16.7. The van der Waals surface area contributed by atoms with Crippen LogP contribution in [-0.4, -0.2) is 60.6 Å². The summed E-state index contributed by atoms with van der Waals surface area (Å²) < 4.78 is 0. The van der Waals surface area contributed by atoms with E-state index in [1.807, 2.05) is 12.4 Å². The zero-order chi connectivity index (χ0) is 13.8. The van der Waals surface area contributed by atoms with Crippen LogP contribution in [-0.2, 0) is 6.54 Å². The Labute approximate surface area is 134 Å². The highest BCUT2D eigenvalue weighted by atomic mass is 35.5. The van der Waals surface area contributed by atoms with E-state index < -0.39 is 0 Å². The van der Waals surface area contributed by atoms with Crippen molar-refractivity contribution in [3.63, 3.8) is 0 Å². The second kappa shape index (κ2) is 7.54. The van der Waals surface area contributed by atoms with Crippen LogP contribution in [0.5, 0.6) is 0 Å². The fraction of sp³-hybridized carbons (Fsp3) is 0.688. The molecule has 2 fully saturated rings. The van der Waals surface area contributed by atoms with Crippen LogP contribution in [0.1, 0.15) is 18.9 Å². The Bertz CT molecular complexity index is 412. The zero-order valence-corrected chi connectivity index (χ0v) is 13.7. The molecule has 0 saturated carbocycles. The van der Waals surface area contributed by atoms with Crippen molar-refractivity contribution < 1.29 is 0 Å². The van der Waals surface area contributed by atoms with Crippen LogP contribution in [0.25, 0.3) is 0 Å². The van der Waals surface area contributed by atoms with Gasteiger partial charge in [0, 0.05) is 58.2 Å². The third-order valence-electron chi connectivity index (χ3n) is 4.68. The Balaban J connectivity index is 0.00000161. The SMILES string of the molecule is CC1(CN2CCN(Cc3ccncc3)CC2)CCNC1.Cl. The minimum Gasteiger partial charge on any atom is -0.316 e. The van der Waals surface area contributed by atoms with Crippen LogP contribution in [0.4, 0.5) is 0 Å². The number of nitrogens with one attached hydrogen (secondary N) is 1. The summed E-state index contributed by atoms with van der Waals surface area (Å²) in [6, 6.07) is 4.25. The minimum absolute atomic E-state index is 0. The summed E-state index contributed by atoms with van der Waals surface area (Å²) in [5.74, 6) is 0. The van der Waals surface area contributed by atoms with Gasteiger partial charge in [-0.1, -0.05) is 6.92 Å². The largest absolute Gasteiger partial charge is 0.316 e. The van der Waals surface area contributed by atoms with E-state index in [9.17, 15) is 0 Å². The van der Waals surface area contributed by atoms with Crippen LogP contribution < -0.4 is 5.32 Å². The summed E-state index contributed by atoms with van der Waals surface area (Å²) in [6.45, 7) is 11.9. The molecule has 3 rings (SSSR count). The van der Waals surface area contributed by atoms with Gasteiger partial charge >= 0.3 is 0 Å². The fourth-order valence-corrected chi connectivity index (χ4v) is 3.40. The molecule has 2 saturated heterocycles. The number of nitrogens with zero attached hydrogens (tertiary/aromatic N) is 3. The fourth-order valence-electron chi connectivity index (χ4n) is 3.40. The van der Waals surface area contributed by atoms with E-state index in [4.69, 9.17) is 0 Å². The van der Waals surface area contributed by atoms with Gasteiger partial charge in [0.1, 0.15) is 0 Å². The monoisotopic (exact) mass is 310 g/mol. The maximum Gasteiger partial charge on any atom is 0.0271 e. The Morgan fingerprint density at radius 3 is 2.43 bits per heavy atom. The van der Waals surface area contributed by atoms with Gasteiger partial charge in [0.15, 0.2) is 0 Å². The number of pyridine rings is 1. The molecular formula is C16H27ClN4. The molecule has 1 atom stereocenters. The molecule has 0 radical (unpaired) electrons. The number of hydrogen-bond donors (Lipinski definition) is 1. The maximum atomic E-state index is 4.08. The molecule has 4 nitrogen and oxygen atoms in total. The minimum atomic E-state index is 0. The number of rotatable bonds is 4. The van der Waals surface area contributed by atoms with Crippen molar-refractivity contribution in [2.45, 2.75) is 19.9 Å². The number of halogens is 1. The van der Waals surface area contributed by atoms with E-state index in [-0.39, 0.29) is 12.4 Å². The van der Waals surface area contributed by atoms with Crippen molar-refractivity contribution in [2.75, 3.05) is 45.8 Å². The second-order valence-electron chi connectivity index (χ2n) is 6.65. The Morgan fingerprint density at radius 1 is 1.14 bits per heavy atom. The van der Waals surface area contributed by atoms with E-state index in [0.717, 1.165) is 6.54 Å². The van der Waals surface area contributed by atoms with Gasteiger partial charge < -0.3 is 10.2 Å². The van der Waals surface area contributed by atoms with Crippen molar-refractivity contribution in [1.82, 2.24) is 20.1 Å². The highest BCUT2D eigenvalue weighted by molar-refractivity contribution is 5.85. The van der Waals surface area contributed by atoms with Gasteiger partial charge in [-0.05, 0) is 36.1 Å². The molecule has 5 heteroatoms. The third-order valence-corrected chi connectivity index (χ3v) is 4.68. The number of piperazine rings is 1. The number of aromatic nitrogens is 1. The van der Waals surface area contributed by atoms with Gasteiger partial charge in [-0.15, -0.1) is 12.4 Å². The molecule has 0 aliphatic carbocycles. The first-order valence-electron chi connectivity index (χ1n) is 7.78. The Hall–Kier alpha value is -0.680. The standard InChI is InChI=1S/C16H26N4.ClH/c1-16(4-7-18-13-16)14-20-10-8-19(9-11-20)12-15-2-5-17-6-3-15;/h2-3,5-6,18H,4,7-14H2,1H3;1H. The summed E-state index contributed by atoms with van der Waals surface area (Å²) in [7, 11) is 0. The molecule has 1 unspecified atom stereocenters. The molecule has 3 heterocycles. The lowest BCUT2D eigenvalue weighted by atomic mass is 9.89. The van der Waals surface area contributed by atoms with Gasteiger partial charge in [0.05, 0.1) is 0 Å². The quantitative estimate of drug-likeness (QED) is 0.916. The summed E-state index contributed by atoms with van der Waals surface area (Å²) in [5, 5.41) is 3.50. The van der Waals surface area contributed by atoms with Crippen molar-refractivity contribution >= 4 is 12.4 Å². The van der Waals surface area contributed by atoms with Gasteiger partial charge in [-0.3, -0.25) is 9.88 Å². The molecule has 1 aromatic heterocycles. The van der Waals surface area contributed by atoms with Crippen LogP contribution in [0, 0.1) is 5.41 Å². The highest BCUT2D eigenvalue weighted by Gasteiger charge is 2.31. The summed E-state index contributed by atoms with van der Waals surface area (Å²) in [6.07, 6.45) is 5.10. The predicted octanol–water partition coefficient (Wildman–Crippen LogP) is 1.62. The average molecular weight is 311 g/mol. The predicted molar refractivity (Wildman–Crippen MR) is 88.8 cm³/mol. The van der Waals surface area contributed by atoms with Gasteiger partial charge in [0.25, 0.3) is 0 Å². The average Bonchev–Trinajstić information content (AvgIpc) is 2.89. The Morgan fingerprint density at radius 2 is 1.81 bits per heavy atom. The molecule has 0 aromatic carbocycles. The lowest BCUT2D eigenvalue weighted by molar-refractivity contribution is 0.0933. The van der Waals surface area contributed by atoms with Crippen molar-refractivity contribution in [3.05, 3.63) is 30.1 Å². The molecule has 2 aliphatic rings. The summed E-state index contributed by atoms with van der Waals surface area (Å²) >= 11 is 0.